The summed E-state index contributed by atoms with van der Waals surface area (Å²) in [5.41, 5.74) is 4.43. The fourth-order valence-electron chi connectivity index (χ4n) is 3.24. The second-order valence-corrected chi connectivity index (χ2v) is 6.22. The molecule has 1 aliphatic rings. The van der Waals surface area contributed by atoms with Gasteiger partial charge in [-0.2, -0.15) is 0 Å². The minimum Gasteiger partial charge on any atom is -0.497 e. The van der Waals surface area contributed by atoms with Gasteiger partial charge in [-0.05, 0) is 55.0 Å². The van der Waals surface area contributed by atoms with E-state index in [0.717, 1.165) is 18.7 Å². The predicted octanol–water partition coefficient (Wildman–Crippen LogP) is 4.07. The van der Waals surface area contributed by atoms with Crippen molar-refractivity contribution in [1.82, 2.24) is 4.90 Å². The minimum absolute atomic E-state index is 0.621. The standard InChI is InChI=1S/C20H25NO/c1-16(7-8-17-9-11-20(22-2)12-10-17)21-14-13-18-5-3-4-6-19(18)15-21/h3-6,9-12,16H,7-8,13-15H2,1-2H3/t16-/m0/s1. The Morgan fingerprint density at radius 1 is 1.05 bits per heavy atom. The Morgan fingerprint density at radius 2 is 1.77 bits per heavy atom. The van der Waals surface area contributed by atoms with Crippen LogP contribution in [0.15, 0.2) is 48.5 Å². The van der Waals surface area contributed by atoms with Crippen LogP contribution in [-0.2, 0) is 19.4 Å². The topological polar surface area (TPSA) is 12.5 Å². The van der Waals surface area contributed by atoms with Crippen LogP contribution in [0.25, 0.3) is 0 Å². The highest BCUT2D eigenvalue weighted by Gasteiger charge is 2.19. The molecule has 1 atom stereocenters. The number of hydrogen-bond acceptors (Lipinski definition) is 2. The molecule has 0 saturated carbocycles. The molecule has 0 fully saturated rings. The Bertz CT molecular complexity index is 605. The summed E-state index contributed by atoms with van der Waals surface area (Å²) in [6.45, 7) is 4.64. The zero-order chi connectivity index (χ0) is 15.4. The number of fused-ring (bicyclic) bond motifs is 1. The third-order valence-corrected chi connectivity index (χ3v) is 4.79. The van der Waals surface area contributed by atoms with E-state index in [1.54, 1.807) is 7.11 Å². The summed E-state index contributed by atoms with van der Waals surface area (Å²) in [5, 5.41) is 0. The normalized spacial score (nSPS) is 16.1. The summed E-state index contributed by atoms with van der Waals surface area (Å²) in [7, 11) is 1.71. The predicted molar refractivity (Wildman–Crippen MR) is 91.3 cm³/mol. The summed E-state index contributed by atoms with van der Waals surface area (Å²) in [6, 6.07) is 17.9. The Balaban J connectivity index is 1.55. The van der Waals surface area contributed by atoms with Crippen molar-refractivity contribution in [1.29, 1.82) is 0 Å². The van der Waals surface area contributed by atoms with Crippen LogP contribution >= 0.6 is 0 Å². The molecular weight excluding hydrogens is 270 g/mol. The van der Waals surface area contributed by atoms with Crippen LogP contribution in [0, 0.1) is 0 Å². The van der Waals surface area contributed by atoms with Crippen molar-refractivity contribution in [3.8, 4) is 5.75 Å². The van der Waals surface area contributed by atoms with Gasteiger partial charge in [-0.1, -0.05) is 36.4 Å². The molecule has 0 N–H and O–H groups in total. The van der Waals surface area contributed by atoms with Crippen LogP contribution in [0.1, 0.15) is 30.0 Å². The largest absolute Gasteiger partial charge is 0.497 e. The highest BCUT2D eigenvalue weighted by atomic mass is 16.5. The van der Waals surface area contributed by atoms with Gasteiger partial charge < -0.3 is 4.74 Å². The second-order valence-electron chi connectivity index (χ2n) is 6.22. The molecule has 1 aliphatic heterocycles. The third kappa shape index (κ3) is 3.50. The van der Waals surface area contributed by atoms with Crippen molar-refractivity contribution in [2.75, 3.05) is 13.7 Å². The average molecular weight is 295 g/mol. The van der Waals surface area contributed by atoms with Gasteiger partial charge in [0.1, 0.15) is 5.75 Å². The number of methoxy groups -OCH3 is 1. The van der Waals surface area contributed by atoms with Crippen molar-refractivity contribution < 1.29 is 4.74 Å². The molecule has 1 heterocycles. The number of ether oxygens (including phenoxy) is 1. The Morgan fingerprint density at radius 3 is 2.50 bits per heavy atom. The van der Waals surface area contributed by atoms with Gasteiger partial charge in [-0.15, -0.1) is 0 Å². The summed E-state index contributed by atoms with van der Waals surface area (Å²) in [4.78, 5) is 2.62. The minimum atomic E-state index is 0.621. The third-order valence-electron chi connectivity index (χ3n) is 4.79. The molecule has 0 aromatic heterocycles. The number of nitrogens with zero attached hydrogens (tertiary/aromatic N) is 1. The fourth-order valence-corrected chi connectivity index (χ4v) is 3.24. The van der Waals surface area contributed by atoms with E-state index in [2.05, 4.69) is 60.4 Å². The first-order valence-electron chi connectivity index (χ1n) is 8.20. The summed E-state index contributed by atoms with van der Waals surface area (Å²) in [5.74, 6) is 0.935. The van der Waals surface area contributed by atoms with E-state index < -0.39 is 0 Å². The number of benzene rings is 2. The van der Waals surface area contributed by atoms with Crippen LogP contribution < -0.4 is 4.74 Å². The van der Waals surface area contributed by atoms with Gasteiger partial charge in [0, 0.05) is 19.1 Å². The fraction of sp³-hybridized carbons (Fsp3) is 0.400. The van der Waals surface area contributed by atoms with Gasteiger partial charge in [0.2, 0.25) is 0 Å². The van der Waals surface area contributed by atoms with Crippen LogP contribution in [0.2, 0.25) is 0 Å². The molecule has 22 heavy (non-hydrogen) atoms. The molecule has 0 saturated heterocycles. The lowest BCUT2D eigenvalue weighted by molar-refractivity contribution is 0.182. The monoisotopic (exact) mass is 295 g/mol. The zero-order valence-corrected chi connectivity index (χ0v) is 13.6. The van der Waals surface area contributed by atoms with Crippen LogP contribution in [-0.4, -0.2) is 24.6 Å². The quantitative estimate of drug-likeness (QED) is 0.824. The maximum Gasteiger partial charge on any atom is 0.118 e. The van der Waals surface area contributed by atoms with E-state index in [4.69, 9.17) is 4.74 Å². The highest BCUT2D eigenvalue weighted by Crippen LogP contribution is 2.22. The van der Waals surface area contributed by atoms with Gasteiger partial charge in [0.15, 0.2) is 0 Å². The van der Waals surface area contributed by atoms with Crippen LogP contribution in [0.3, 0.4) is 0 Å². The Kier molecular flexibility index (Phi) is 4.79. The second kappa shape index (κ2) is 6.97. The maximum absolute atomic E-state index is 5.21. The van der Waals surface area contributed by atoms with Crippen molar-refractivity contribution in [2.24, 2.45) is 0 Å². The Hall–Kier alpha value is -1.80. The van der Waals surface area contributed by atoms with Crippen LogP contribution in [0.4, 0.5) is 0 Å². The first-order chi connectivity index (χ1) is 10.8. The molecule has 2 aromatic rings. The Labute approximate surface area is 133 Å². The molecule has 0 aliphatic carbocycles. The maximum atomic E-state index is 5.21. The smallest absolute Gasteiger partial charge is 0.118 e. The van der Waals surface area contributed by atoms with Gasteiger partial charge in [-0.25, -0.2) is 0 Å². The van der Waals surface area contributed by atoms with Crippen molar-refractivity contribution in [3.63, 3.8) is 0 Å². The molecule has 0 spiro atoms. The molecule has 3 rings (SSSR count). The van der Waals surface area contributed by atoms with E-state index in [9.17, 15) is 0 Å². The lowest BCUT2D eigenvalue weighted by Gasteiger charge is -2.33. The molecular formula is C20H25NO. The van der Waals surface area contributed by atoms with Crippen molar-refractivity contribution in [3.05, 3.63) is 65.2 Å². The first-order valence-corrected chi connectivity index (χ1v) is 8.20. The van der Waals surface area contributed by atoms with Crippen molar-refractivity contribution in [2.45, 2.75) is 38.8 Å². The molecule has 2 nitrogen and oxygen atoms in total. The molecule has 0 amide bonds. The zero-order valence-electron chi connectivity index (χ0n) is 13.6. The molecule has 2 heteroatoms. The summed E-state index contributed by atoms with van der Waals surface area (Å²) < 4.78 is 5.21. The first kappa shape index (κ1) is 15.1. The van der Waals surface area contributed by atoms with E-state index in [1.807, 2.05) is 0 Å². The van der Waals surface area contributed by atoms with E-state index in [0.29, 0.717) is 6.04 Å². The van der Waals surface area contributed by atoms with E-state index in [1.165, 1.54) is 36.1 Å². The van der Waals surface area contributed by atoms with Gasteiger partial charge in [0.25, 0.3) is 0 Å². The molecule has 2 aromatic carbocycles. The van der Waals surface area contributed by atoms with Crippen molar-refractivity contribution >= 4 is 0 Å². The molecule has 0 unspecified atom stereocenters. The number of hydrogen-bond donors (Lipinski definition) is 0. The van der Waals surface area contributed by atoms with Gasteiger partial charge in [-0.3, -0.25) is 4.90 Å². The summed E-state index contributed by atoms with van der Waals surface area (Å²) in [6.07, 6.45) is 3.51. The SMILES string of the molecule is COc1ccc(CC[C@H](C)N2CCc3ccccc3C2)cc1. The number of aryl methyl sites for hydroxylation is 1. The summed E-state index contributed by atoms with van der Waals surface area (Å²) >= 11 is 0. The highest BCUT2D eigenvalue weighted by molar-refractivity contribution is 5.29. The molecule has 0 bridgehead atoms. The molecule has 116 valence electrons. The van der Waals surface area contributed by atoms with E-state index >= 15 is 0 Å². The number of rotatable bonds is 5. The van der Waals surface area contributed by atoms with Gasteiger partial charge in [0.05, 0.1) is 7.11 Å². The molecule has 0 radical (unpaired) electrons. The lowest BCUT2D eigenvalue weighted by atomic mass is 9.97. The van der Waals surface area contributed by atoms with Crippen LogP contribution in [0.5, 0.6) is 5.75 Å². The van der Waals surface area contributed by atoms with Gasteiger partial charge >= 0.3 is 0 Å². The van der Waals surface area contributed by atoms with E-state index in [-0.39, 0.29) is 0 Å². The lowest BCUT2D eigenvalue weighted by Crippen LogP contribution is -2.37. The average Bonchev–Trinajstić information content (AvgIpc) is 2.59.